The van der Waals surface area contributed by atoms with Crippen LogP contribution >= 0.6 is 11.3 Å². The minimum Gasteiger partial charge on any atom is -0.466 e. The molecule has 0 unspecified atom stereocenters. The number of esters is 1. The van der Waals surface area contributed by atoms with Crippen LogP contribution in [0.3, 0.4) is 0 Å². The Labute approximate surface area is 153 Å². The molecule has 25 heavy (non-hydrogen) atoms. The summed E-state index contributed by atoms with van der Waals surface area (Å²) < 4.78 is 11.0. The monoisotopic (exact) mass is 362 g/mol. The van der Waals surface area contributed by atoms with Gasteiger partial charge >= 0.3 is 5.97 Å². The van der Waals surface area contributed by atoms with Crippen LogP contribution in [-0.4, -0.2) is 35.0 Å². The second-order valence-electron chi connectivity index (χ2n) is 6.56. The number of rotatable bonds is 6. The molecular weight excluding hydrogens is 336 g/mol. The van der Waals surface area contributed by atoms with Gasteiger partial charge in [-0.3, -0.25) is 9.69 Å². The van der Waals surface area contributed by atoms with Crippen LogP contribution < -0.4 is 0 Å². The van der Waals surface area contributed by atoms with Gasteiger partial charge in [0.15, 0.2) is 0 Å². The zero-order valence-electron chi connectivity index (χ0n) is 15.2. The highest BCUT2D eigenvalue weighted by Gasteiger charge is 2.27. The molecule has 1 atom stereocenters. The molecule has 0 bridgehead atoms. The Morgan fingerprint density at radius 2 is 2.24 bits per heavy atom. The molecule has 136 valence electrons. The van der Waals surface area contributed by atoms with E-state index < -0.39 is 0 Å². The van der Waals surface area contributed by atoms with E-state index in [1.54, 1.807) is 11.3 Å². The van der Waals surface area contributed by atoms with Crippen LogP contribution in [0.4, 0.5) is 0 Å². The fourth-order valence-electron chi connectivity index (χ4n) is 3.33. The molecule has 2 aromatic heterocycles. The third-order valence-electron chi connectivity index (χ3n) is 4.65. The van der Waals surface area contributed by atoms with Crippen LogP contribution in [-0.2, 0) is 16.1 Å². The molecule has 2 aromatic rings. The first-order chi connectivity index (χ1) is 12.1. The molecule has 3 rings (SSSR count). The highest BCUT2D eigenvalue weighted by atomic mass is 32.1. The van der Waals surface area contributed by atoms with Gasteiger partial charge in [0, 0.05) is 17.5 Å². The van der Waals surface area contributed by atoms with Gasteiger partial charge in [-0.25, -0.2) is 4.98 Å². The molecule has 3 heterocycles. The van der Waals surface area contributed by atoms with Crippen molar-refractivity contribution < 1.29 is 13.9 Å². The Bertz CT molecular complexity index is 722. The third kappa shape index (κ3) is 4.50. The van der Waals surface area contributed by atoms with Gasteiger partial charge in [-0.15, -0.1) is 11.3 Å². The highest BCUT2D eigenvalue weighted by Crippen LogP contribution is 2.30. The van der Waals surface area contributed by atoms with E-state index >= 15 is 0 Å². The summed E-state index contributed by atoms with van der Waals surface area (Å²) in [7, 11) is 0. The number of oxazole rings is 1. The zero-order chi connectivity index (χ0) is 17.8. The number of hydrogen-bond donors (Lipinski definition) is 0. The van der Waals surface area contributed by atoms with Crippen LogP contribution in [0.5, 0.6) is 0 Å². The second-order valence-corrected chi connectivity index (χ2v) is 7.85. The number of carbonyl (C=O) groups is 1. The first-order valence-electron chi connectivity index (χ1n) is 8.99. The van der Waals surface area contributed by atoms with E-state index in [4.69, 9.17) is 14.1 Å². The van der Waals surface area contributed by atoms with E-state index in [1.165, 1.54) is 4.88 Å². The quantitative estimate of drug-likeness (QED) is 0.716. The number of carbonyl (C=O) groups excluding carboxylic acids is 1. The Morgan fingerprint density at radius 1 is 1.40 bits per heavy atom. The number of piperidine rings is 1. The summed E-state index contributed by atoms with van der Waals surface area (Å²) in [5.41, 5.74) is 0.969. The van der Waals surface area contributed by atoms with Crippen LogP contribution in [0.25, 0.3) is 10.8 Å². The topological polar surface area (TPSA) is 55.6 Å². The minimum atomic E-state index is -0.106. The molecule has 1 fully saturated rings. The van der Waals surface area contributed by atoms with Gasteiger partial charge in [-0.2, -0.15) is 0 Å². The van der Waals surface area contributed by atoms with Crippen molar-refractivity contribution in [2.45, 2.75) is 59.0 Å². The van der Waals surface area contributed by atoms with Crippen LogP contribution in [0.15, 0.2) is 16.5 Å². The lowest BCUT2D eigenvalue weighted by Crippen LogP contribution is -2.40. The van der Waals surface area contributed by atoms with Crippen molar-refractivity contribution in [3.05, 3.63) is 28.5 Å². The maximum Gasteiger partial charge on any atom is 0.307 e. The van der Waals surface area contributed by atoms with Crippen molar-refractivity contribution in [3.8, 4) is 10.8 Å². The number of likely N-dealkylation sites (tertiary alicyclic amines) is 1. The van der Waals surface area contributed by atoms with Crippen LogP contribution in [0.1, 0.15) is 48.9 Å². The predicted octanol–water partition coefficient (Wildman–Crippen LogP) is 4.33. The number of nitrogens with zero attached hydrogens (tertiary/aromatic N) is 2. The molecule has 0 saturated carbocycles. The average molecular weight is 362 g/mol. The summed E-state index contributed by atoms with van der Waals surface area (Å²) >= 11 is 1.69. The first-order valence-corrected chi connectivity index (χ1v) is 9.81. The van der Waals surface area contributed by atoms with E-state index in [9.17, 15) is 4.79 Å². The van der Waals surface area contributed by atoms with E-state index in [-0.39, 0.29) is 12.0 Å². The molecule has 0 spiro atoms. The average Bonchev–Trinajstić information content (AvgIpc) is 3.16. The van der Waals surface area contributed by atoms with Crippen molar-refractivity contribution in [2.75, 3.05) is 13.2 Å². The van der Waals surface area contributed by atoms with Crippen LogP contribution in [0, 0.1) is 13.8 Å². The molecule has 0 aliphatic carbocycles. The van der Waals surface area contributed by atoms with Crippen LogP contribution in [0.2, 0.25) is 0 Å². The van der Waals surface area contributed by atoms with Crippen molar-refractivity contribution >= 4 is 17.3 Å². The standard InChI is InChI=1S/C19H26N2O3S/c1-4-23-18(22)11-15-7-5-6-10-21(15)12-16-14(3)24-19(20-16)17-9-8-13(2)25-17/h8-9,15H,4-7,10-12H2,1-3H3/t15-/m1/s1. The molecular formula is C19H26N2O3S. The molecule has 5 nitrogen and oxygen atoms in total. The maximum absolute atomic E-state index is 11.9. The lowest BCUT2D eigenvalue weighted by molar-refractivity contribution is -0.145. The number of thiophene rings is 1. The van der Waals surface area contributed by atoms with Crippen molar-refractivity contribution in [1.29, 1.82) is 0 Å². The molecule has 0 aromatic carbocycles. The number of aryl methyl sites for hydroxylation is 2. The SMILES string of the molecule is CCOC(=O)C[C@H]1CCCCN1Cc1nc(-c2ccc(C)s2)oc1C. The van der Waals surface area contributed by atoms with Gasteiger partial charge in [0.2, 0.25) is 5.89 Å². The third-order valence-corrected chi connectivity index (χ3v) is 5.64. The van der Waals surface area contributed by atoms with Gasteiger partial charge in [-0.1, -0.05) is 6.42 Å². The summed E-state index contributed by atoms with van der Waals surface area (Å²) in [5.74, 6) is 1.46. The van der Waals surface area contributed by atoms with E-state index in [0.29, 0.717) is 18.9 Å². The number of ether oxygens (including phenoxy) is 1. The maximum atomic E-state index is 11.9. The first kappa shape index (κ1) is 18.1. The van der Waals surface area contributed by atoms with Gasteiger partial charge in [0.05, 0.1) is 23.6 Å². The van der Waals surface area contributed by atoms with Gasteiger partial charge in [-0.05, 0) is 52.3 Å². The Hall–Kier alpha value is -1.66. The van der Waals surface area contributed by atoms with E-state index in [2.05, 4.69) is 24.0 Å². The number of aromatic nitrogens is 1. The fourth-order valence-corrected chi connectivity index (χ4v) is 4.13. The largest absolute Gasteiger partial charge is 0.466 e. The molecule has 1 aliphatic rings. The zero-order valence-corrected chi connectivity index (χ0v) is 16.0. The molecule has 6 heteroatoms. The second kappa shape index (κ2) is 8.15. The van der Waals surface area contributed by atoms with Gasteiger partial charge in [0.1, 0.15) is 5.76 Å². The molecule has 0 N–H and O–H groups in total. The number of hydrogen-bond acceptors (Lipinski definition) is 6. The normalized spacial score (nSPS) is 18.4. The summed E-state index contributed by atoms with van der Waals surface area (Å²) in [5, 5.41) is 0. The van der Waals surface area contributed by atoms with Gasteiger partial charge in [0.25, 0.3) is 0 Å². The lowest BCUT2D eigenvalue weighted by Gasteiger charge is -2.34. The lowest BCUT2D eigenvalue weighted by atomic mass is 9.99. The smallest absolute Gasteiger partial charge is 0.307 e. The van der Waals surface area contributed by atoms with E-state index in [1.807, 2.05) is 13.8 Å². The molecule has 1 aliphatic heterocycles. The van der Waals surface area contributed by atoms with Crippen molar-refractivity contribution in [1.82, 2.24) is 9.88 Å². The van der Waals surface area contributed by atoms with Crippen molar-refractivity contribution in [3.63, 3.8) is 0 Å². The molecule has 0 radical (unpaired) electrons. The highest BCUT2D eigenvalue weighted by molar-refractivity contribution is 7.15. The Balaban J connectivity index is 1.71. The molecule has 1 saturated heterocycles. The van der Waals surface area contributed by atoms with Crippen molar-refractivity contribution in [2.24, 2.45) is 0 Å². The Kier molecular flexibility index (Phi) is 5.91. The predicted molar refractivity (Wildman–Crippen MR) is 98.6 cm³/mol. The Morgan fingerprint density at radius 3 is 2.96 bits per heavy atom. The minimum absolute atomic E-state index is 0.106. The summed E-state index contributed by atoms with van der Waals surface area (Å²) in [6.45, 7) is 8.06. The fraction of sp³-hybridized carbons (Fsp3) is 0.579. The summed E-state index contributed by atoms with van der Waals surface area (Å²) in [4.78, 5) is 21.3. The molecule has 0 amide bonds. The summed E-state index contributed by atoms with van der Waals surface area (Å²) in [6.07, 6.45) is 3.82. The van der Waals surface area contributed by atoms with E-state index in [0.717, 1.165) is 48.7 Å². The summed E-state index contributed by atoms with van der Waals surface area (Å²) in [6, 6.07) is 4.37. The van der Waals surface area contributed by atoms with Gasteiger partial charge < -0.3 is 9.15 Å².